The number of rotatable bonds is 5. The first-order chi connectivity index (χ1) is 14.5. The second kappa shape index (κ2) is 9.12. The number of benzene rings is 1. The standard InChI is InChI=1S/C22H27FN4O2S/c1-2-20(28)26-9-11-27(12-10-26)22-25-18-8-5-16(13-19(18)30-22)21(29)24-14-15-3-6-17(23)7-4-15/h3-4,6-7,16H,2,5,8-14H2,1H3,(H,24,29)/t16-/m1/s1. The second-order valence-electron chi connectivity index (χ2n) is 7.87. The van der Waals surface area contributed by atoms with E-state index in [9.17, 15) is 14.0 Å². The van der Waals surface area contributed by atoms with Crippen molar-refractivity contribution < 1.29 is 14.0 Å². The number of amides is 2. The SMILES string of the molecule is CCC(=O)N1CCN(c2nc3c(s2)C[C@H](C(=O)NCc2ccc(F)cc2)CC3)CC1. The molecule has 8 heteroatoms. The van der Waals surface area contributed by atoms with Gasteiger partial charge in [-0.25, -0.2) is 9.37 Å². The zero-order valence-corrected chi connectivity index (χ0v) is 18.0. The highest BCUT2D eigenvalue weighted by atomic mass is 32.1. The maximum Gasteiger partial charge on any atom is 0.223 e. The summed E-state index contributed by atoms with van der Waals surface area (Å²) in [7, 11) is 0. The molecule has 0 unspecified atom stereocenters. The number of thiazole rings is 1. The van der Waals surface area contributed by atoms with Crippen LogP contribution in [0.25, 0.3) is 0 Å². The summed E-state index contributed by atoms with van der Waals surface area (Å²) in [4.78, 5) is 34.7. The van der Waals surface area contributed by atoms with Gasteiger partial charge in [-0.2, -0.15) is 0 Å². The molecule has 0 spiro atoms. The van der Waals surface area contributed by atoms with Crippen LogP contribution >= 0.6 is 11.3 Å². The van der Waals surface area contributed by atoms with Gasteiger partial charge in [-0.15, -0.1) is 11.3 Å². The van der Waals surface area contributed by atoms with Crippen molar-refractivity contribution in [3.63, 3.8) is 0 Å². The normalized spacial score (nSPS) is 18.8. The molecular weight excluding hydrogens is 403 g/mol. The highest BCUT2D eigenvalue weighted by Crippen LogP contribution is 2.34. The Morgan fingerprint density at radius 3 is 2.63 bits per heavy atom. The molecule has 160 valence electrons. The van der Waals surface area contributed by atoms with Crippen molar-refractivity contribution in [2.75, 3.05) is 31.1 Å². The second-order valence-corrected chi connectivity index (χ2v) is 8.93. The van der Waals surface area contributed by atoms with Crippen LogP contribution in [-0.2, 0) is 29.0 Å². The lowest BCUT2D eigenvalue weighted by Gasteiger charge is -2.34. The van der Waals surface area contributed by atoms with Crippen LogP contribution < -0.4 is 10.2 Å². The molecule has 1 aromatic carbocycles. The van der Waals surface area contributed by atoms with Gasteiger partial charge >= 0.3 is 0 Å². The van der Waals surface area contributed by atoms with Crippen molar-refractivity contribution in [1.82, 2.24) is 15.2 Å². The number of carbonyl (C=O) groups is 2. The van der Waals surface area contributed by atoms with Crippen molar-refractivity contribution >= 4 is 28.3 Å². The lowest BCUT2D eigenvalue weighted by molar-refractivity contribution is -0.131. The molecular formula is C22H27FN4O2S. The summed E-state index contributed by atoms with van der Waals surface area (Å²) in [6, 6.07) is 6.20. The number of nitrogens with one attached hydrogen (secondary N) is 1. The lowest BCUT2D eigenvalue weighted by Crippen LogP contribution is -2.48. The molecule has 1 atom stereocenters. The smallest absolute Gasteiger partial charge is 0.223 e. The summed E-state index contributed by atoms with van der Waals surface area (Å²) in [5.41, 5.74) is 2.01. The van der Waals surface area contributed by atoms with Crippen molar-refractivity contribution in [2.45, 2.75) is 39.2 Å². The van der Waals surface area contributed by atoms with E-state index in [0.29, 0.717) is 13.0 Å². The van der Waals surface area contributed by atoms with Crippen LogP contribution in [0.15, 0.2) is 24.3 Å². The van der Waals surface area contributed by atoms with Gasteiger partial charge in [0.1, 0.15) is 5.82 Å². The third kappa shape index (κ3) is 4.64. The topological polar surface area (TPSA) is 65.5 Å². The molecule has 1 aromatic heterocycles. The quantitative estimate of drug-likeness (QED) is 0.792. The summed E-state index contributed by atoms with van der Waals surface area (Å²) < 4.78 is 13.0. The fraction of sp³-hybridized carbons (Fsp3) is 0.500. The van der Waals surface area contributed by atoms with E-state index in [1.54, 1.807) is 23.5 Å². The number of piperazine rings is 1. The molecule has 1 aliphatic heterocycles. The van der Waals surface area contributed by atoms with Crippen LogP contribution in [0.5, 0.6) is 0 Å². The summed E-state index contributed by atoms with van der Waals surface area (Å²) in [5.74, 6) is -0.0660. The van der Waals surface area contributed by atoms with E-state index in [4.69, 9.17) is 4.98 Å². The Bertz CT molecular complexity index is 906. The van der Waals surface area contributed by atoms with Gasteiger partial charge in [-0.05, 0) is 37.0 Å². The molecule has 2 aromatic rings. The van der Waals surface area contributed by atoms with E-state index in [1.165, 1.54) is 17.0 Å². The molecule has 30 heavy (non-hydrogen) atoms. The van der Waals surface area contributed by atoms with Crippen molar-refractivity contribution in [3.05, 3.63) is 46.2 Å². The van der Waals surface area contributed by atoms with Crippen molar-refractivity contribution in [3.8, 4) is 0 Å². The average Bonchev–Trinajstić information content (AvgIpc) is 3.21. The zero-order chi connectivity index (χ0) is 21.1. The molecule has 1 N–H and O–H groups in total. The molecule has 2 amide bonds. The number of nitrogens with zero attached hydrogens (tertiary/aromatic N) is 3. The Labute approximate surface area is 180 Å². The van der Waals surface area contributed by atoms with Gasteiger partial charge in [0.05, 0.1) is 5.69 Å². The molecule has 6 nitrogen and oxygen atoms in total. The third-order valence-corrected chi connectivity index (χ3v) is 7.07. The van der Waals surface area contributed by atoms with Crippen molar-refractivity contribution in [2.24, 2.45) is 5.92 Å². The number of hydrogen-bond acceptors (Lipinski definition) is 5. The minimum atomic E-state index is -0.274. The molecule has 0 bridgehead atoms. The summed E-state index contributed by atoms with van der Waals surface area (Å²) in [6.45, 7) is 5.41. The van der Waals surface area contributed by atoms with E-state index < -0.39 is 0 Å². The van der Waals surface area contributed by atoms with Gasteiger partial charge in [-0.3, -0.25) is 9.59 Å². The monoisotopic (exact) mass is 430 g/mol. The summed E-state index contributed by atoms with van der Waals surface area (Å²) >= 11 is 1.68. The molecule has 1 fully saturated rings. The Hall–Kier alpha value is -2.48. The fourth-order valence-electron chi connectivity index (χ4n) is 4.03. The minimum absolute atomic E-state index is 0.0478. The number of aromatic nitrogens is 1. The lowest BCUT2D eigenvalue weighted by atomic mass is 9.90. The minimum Gasteiger partial charge on any atom is -0.352 e. The molecule has 4 rings (SSSR count). The number of aryl methyl sites for hydroxylation is 1. The van der Waals surface area contributed by atoms with Gasteiger partial charge in [-0.1, -0.05) is 19.1 Å². The third-order valence-electron chi connectivity index (χ3n) is 5.88. The molecule has 0 radical (unpaired) electrons. The highest BCUT2D eigenvalue weighted by molar-refractivity contribution is 7.15. The van der Waals surface area contributed by atoms with Crippen LogP contribution in [0.2, 0.25) is 0 Å². The maximum atomic E-state index is 13.0. The van der Waals surface area contributed by atoms with Crippen LogP contribution in [0.3, 0.4) is 0 Å². The number of carbonyl (C=O) groups excluding carboxylic acids is 2. The first kappa shape index (κ1) is 20.8. The van der Waals surface area contributed by atoms with Gasteiger partial charge < -0.3 is 15.1 Å². The fourth-order valence-corrected chi connectivity index (χ4v) is 5.26. The Morgan fingerprint density at radius 2 is 1.93 bits per heavy atom. The number of fused-ring (bicyclic) bond motifs is 1. The Balaban J connectivity index is 1.32. The van der Waals surface area contributed by atoms with E-state index in [-0.39, 0.29) is 23.5 Å². The van der Waals surface area contributed by atoms with E-state index in [2.05, 4.69) is 10.2 Å². The first-order valence-corrected chi connectivity index (χ1v) is 11.4. The predicted octanol–water partition coefficient (Wildman–Crippen LogP) is 2.76. The molecule has 1 aliphatic carbocycles. The van der Waals surface area contributed by atoms with Gasteiger partial charge in [0, 0.05) is 49.9 Å². The molecule has 0 saturated carbocycles. The Kier molecular flexibility index (Phi) is 6.32. The van der Waals surface area contributed by atoms with Gasteiger partial charge in [0.2, 0.25) is 11.8 Å². The summed E-state index contributed by atoms with van der Waals surface area (Å²) in [5, 5.41) is 4.00. The van der Waals surface area contributed by atoms with E-state index >= 15 is 0 Å². The largest absolute Gasteiger partial charge is 0.352 e. The Morgan fingerprint density at radius 1 is 1.20 bits per heavy atom. The number of hydrogen-bond donors (Lipinski definition) is 1. The van der Waals surface area contributed by atoms with E-state index in [0.717, 1.165) is 61.8 Å². The molecule has 2 heterocycles. The molecule has 1 saturated heterocycles. The zero-order valence-electron chi connectivity index (χ0n) is 17.2. The van der Waals surface area contributed by atoms with Crippen molar-refractivity contribution in [1.29, 1.82) is 0 Å². The van der Waals surface area contributed by atoms with E-state index in [1.807, 2.05) is 11.8 Å². The van der Waals surface area contributed by atoms with Gasteiger partial charge in [0.15, 0.2) is 5.13 Å². The van der Waals surface area contributed by atoms with Gasteiger partial charge in [0.25, 0.3) is 0 Å². The maximum absolute atomic E-state index is 13.0. The average molecular weight is 431 g/mol. The van der Waals surface area contributed by atoms with Crippen LogP contribution in [0.1, 0.15) is 35.9 Å². The van der Waals surface area contributed by atoms with Crippen LogP contribution in [0.4, 0.5) is 9.52 Å². The molecule has 2 aliphatic rings. The summed E-state index contributed by atoms with van der Waals surface area (Å²) in [6.07, 6.45) is 2.88. The number of halogens is 1. The van der Waals surface area contributed by atoms with Crippen LogP contribution in [-0.4, -0.2) is 47.9 Å². The predicted molar refractivity (Wildman–Crippen MR) is 115 cm³/mol. The van der Waals surface area contributed by atoms with Crippen LogP contribution in [0, 0.1) is 11.7 Å². The first-order valence-electron chi connectivity index (χ1n) is 10.6. The highest BCUT2D eigenvalue weighted by Gasteiger charge is 2.29. The number of anilines is 1.